The van der Waals surface area contributed by atoms with Crippen molar-refractivity contribution in [3.05, 3.63) is 42.0 Å². The third kappa shape index (κ3) is 9.24. The number of benzene rings is 1. The summed E-state index contributed by atoms with van der Waals surface area (Å²) >= 11 is 0. The van der Waals surface area contributed by atoms with Gasteiger partial charge in [0.05, 0.1) is 5.69 Å². The molecule has 0 N–H and O–H groups in total. The monoisotopic (exact) mass is 261 g/mol. The van der Waals surface area contributed by atoms with E-state index in [1.807, 2.05) is 64.2 Å². The van der Waals surface area contributed by atoms with Crippen molar-refractivity contribution >= 4 is 11.9 Å². The average molecular weight is 261 g/mol. The summed E-state index contributed by atoms with van der Waals surface area (Å²) < 4.78 is 0. The Kier molecular flexibility index (Phi) is 12.3. The van der Waals surface area contributed by atoms with Gasteiger partial charge in [0.2, 0.25) is 0 Å². The predicted octanol–water partition coefficient (Wildman–Crippen LogP) is 6.43. The van der Waals surface area contributed by atoms with Gasteiger partial charge >= 0.3 is 0 Å². The van der Waals surface area contributed by atoms with Gasteiger partial charge in [0.25, 0.3) is 0 Å². The fourth-order valence-corrected chi connectivity index (χ4v) is 1.36. The molecule has 0 aliphatic heterocycles. The summed E-state index contributed by atoms with van der Waals surface area (Å²) in [6.45, 7) is 16.6. The van der Waals surface area contributed by atoms with E-state index in [-0.39, 0.29) is 5.41 Å². The van der Waals surface area contributed by atoms with Crippen molar-refractivity contribution in [3.63, 3.8) is 0 Å². The predicted molar refractivity (Wildman–Crippen MR) is 90.5 cm³/mol. The molecule has 0 saturated heterocycles. The van der Waals surface area contributed by atoms with Crippen LogP contribution in [-0.2, 0) is 0 Å². The van der Waals surface area contributed by atoms with Crippen molar-refractivity contribution in [2.75, 3.05) is 0 Å². The number of rotatable bonds is 2. The van der Waals surface area contributed by atoms with Crippen LogP contribution in [0, 0.1) is 5.41 Å². The molecule has 0 saturated carbocycles. The van der Waals surface area contributed by atoms with Crippen molar-refractivity contribution in [2.45, 2.75) is 55.4 Å². The highest BCUT2D eigenvalue weighted by molar-refractivity contribution is 5.82. The molecule has 0 aromatic heterocycles. The lowest BCUT2D eigenvalue weighted by Gasteiger charge is -2.19. The average Bonchev–Trinajstić information content (AvgIpc) is 2.43. The number of para-hydroxylation sites is 1. The molecular formula is C18H31N. The normalized spacial score (nSPS) is 11.3. The quantitative estimate of drug-likeness (QED) is 0.544. The van der Waals surface area contributed by atoms with Crippen LogP contribution in [0.25, 0.3) is 0 Å². The lowest BCUT2D eigenvalue weighted by atomic mass is 9.87. The Balaban J connectivity index is 0. The molecule has 0 bridgehead atoms. The Bertz CT molecular complexity index is 353. The molecule has 0 amide bonds. The van der Waals surface area contributed by atoms with Gasteiger partial charge in [0.1, 0.15) is 0 Å². The van der Waals surface area contributed by atoms with Crippen molar-refractivity contribution in [1.29, 1.82) is 0 Å². The maximum Gasteiger partial charge on any atom is 0.0629 e. The summed E-state index contributed by atoms with van der Waals surface area (Å²) in [5, 5.41) is 0. The standard InChI is InChI=1S/C14H19N.2C2H6/c1-5-12(14(2,3)4)11-15-13-9-7-6-8-10-13;2*1-2/h5-11H,1-4H3;2*1-2H3/b12-5+,15-11?;;. The first-order valence-electron chi connectivity index (χ1n) is 7.30. The van der Waals surface area contributed by atoms with Crippen molar-refractivity contribution in [1.82, 2.24) is 0 Å². The van der Waals surface area contributed by atoms with Crippen LogP contribution in [0.2, 0.25) is 0 Å². The molecule has 19 heavy (non-hydrogen) atoms. The molecule has 1 heteroatoms. The number of hydrogen-bond acceptors (Lipinski definition) is 1. The van der Waals surface area contributed by atoms with Crippen LogP contribution < -0.4 is 0 Å². The van der Waals surface area contributed by atoms with E-state index < -0.39 is 0 Å². The molecule has 1 nitrogen and oxygen atoms in total. The maximum atomic E-state index is 4.45. The Labute approximate surface area is 120 Å². The molecule has 0 spiro atoms. The van der Waals surface area contributed by atoms with Gasteiger partial charge in [-0.3, -0.25) is 4.99 Å². The second-order valence-corrected chi connectivity index (χ2v) is 4.59. The van der Waals surface area contributed by atoms with E-state index >= 15 is 0 Å². The van der Waals surface area contributed by atoms with E-state index in [2.05, 4.69) is 38.8 Å². The van der Waals surface area contributed by atoms with Crippen LogP contribution in [0.1, 0.15) is 55.4 Å². The molecule has 1 rings (SSSR count). The van der Waals surface area contributed by atoms with E-state index in [0.29, 0.717) is 0 Å². The van der Waals surface area contributed by atoms with Gasteiger partial charge in [0.15, 0.2) is 0 Å². The summed E-state index contributed by atoms with van der Waals surface area (Å²) in [7, 11) is 0. The molecule has 0 fully saturated rings. The molecule has 0 aliphatic rings. The van der Waals surface area contributed by atoms with Gasteiger partial charge in [-0.25, -0.2) is 0 Å². The highest BCUT2D eigenvalue weighted by atomic mass is 14.7. The number of aliphatic imine (C=N–C) groups is 1. The fourth-order valence-electron chi connectivity index (χ4n) is 1.36. The highest BCUT2D eigenvalue weighted by Crippen LogP contribution is 2.24. The summed E-state index contributed by atoms with van der Waals surface area (Å²) in [4.78, 5) is 4.45. The van der Waals surface area contributed by atoms with Gasteiger partial charge in [-0.05, 0) is 30.0 Å². The van der Waals surface area contributed by atoms with Gasteiger partial charge in [-0.1, -0.05) is 72.7 Å². The number of allylic oxidation sites excluding steroid dienone is 2. The summed E-state index contributed by atoms with van der Waals surface area (Å²) in [5.74, 6) is 0. The third-order valence-corrected chi connectivity index (χ3v) is 2.29. The van der Waals surface area contributed by atoms with E-state index in [1.165, 1.54) is 5.57 Å². The smallest absolute Gasteiger partial charge is 0.0629 e. The Morgan fingerprint density at radius 2 is 1.42 bits per heavy atom. The molecule has 0 unspecified atom stereocenters. The molecule has 0 aliphatic carbocycles. The van der Waals surface area contributed by atoms with Crippen molar-refractivity contribution in [3.8, 4) is 0 Å². The zero-order valence-corrected chi connectivity index (χ0v) is 14.0. The van der Waals surface area contributed by atoms with E-state index in [1.54, 1.807) is 0 Å². The summed E-state index contributed by atoms with van der Waals surface area (Å²) in [6.07, 6.45) is 4.07. The van der Waals surface area contributed by atoms with E-state index in [0.717, 1.165) is 5.69 Å². The van der Waals surface area contributed by atoms with Crippen LogP contribution in [-0.4, -0.2) is 6.21 Å². The lowest BCUT2D eigenvalue weighted by Crippen LogP contribution is -2.09. The van der Waals surface area contributed by atoms with Crippen LogP contribution >= 0.6 is 0 Å². The summed E-state index contributed by atoms with van der Waals surface area (Å²) in [5.41, 5.74) is 2.42. The van der Waals surface area contributed by atoms with Crippen molar-refractivity contribution < 1.29 is 0 Å². The van der Waals surface area contributed by atoms with E-state index in [9.17, 15) is 0 Å². The lowest BCUT2D eigenvalue weighted by molar-refractivity contribution is 0.526. The highest BCUT2D eigenvalue weighted by Gasteiger charge is 2.13. The molecule has 0 radical (unpaired) electrons. The van der Waals surface area contributed by atoms with Crippen LogP contribution in [0.3, 0.4) is 0 Å². The van der Waals surface area contributed by atoms with Crippen LogP contribution in [0.5, 0.6) is 0 Å². The Morgan fingerprint density at radius 3 is 1.79 bits per heavy atom. The molecule has 1 aromatic carbocycles. The topological polar surface area (TPSA) is 12.4 Å². The molecule has 0 heterocycles. The number of hydrogen-bond donors (Lipinski definition) is 0. The zero-order valence-electron chi connectivity index (χ0n) is 14.0. The van der Waals surface area contributed by atoms with Crippen molar-refractivity contribution in [2.24, 2.45) is 10.4 Å². The first-order valence-corrected chi connectivity index (χ1v) is 7.30. The van der Waals surface area contributed by atoms with E-state index in [4.69, 9.17) is 0 Å². The van der Waals surface area contributed by atoms with Crippen LogP contribution in [0.4, 0.5) is 5.69 Å². The number of nitrogens with zero attached hydrogens (tertiary/aromatic N) is 1. The Hall–Kier alpha value is -1.37. The van der Waals surface area contributed by atoms with Crippen LogP contribution in [0.15, 0.2) is 47.0 Å². The second kappa shape index (κ2) is 11.7. The molecule has 0 atom stereocenters. The first kappa shape index (κ1) is 20.0. The second-order valence-electron chi connectivity index (χ2n) is 4.59. The minimum absolute atomic E-state index is 0.160. The third-order valence-electron chi connectivity index (χ3n) is 2.29. The molecule has 1 aromatic rings. The minimum atomic E-state index is 0.160. The fraction of sp³-hybridized carbons (Fsp3) is 0.500. The molecular weight excluding hydrogens is 230 g/mol. The maximum absolute atomic E-state index is 4.45. The summed E-state index contributed by atoms with van der Waals surface area (Å²) in [6, 6.07) is 10.0. The molecule has 108 valence electrons. The zero-order chi connectivity index (χ0) is 15.3. The first-order chi connectivity index (χ1) is 9.04. The van der Waals surface area contributed by atoms with Gasteiger partial charge < -0.3 is 0 Å². The largest absolute Gasteiger partial charge is 0.257 e. The minimum Gasteiger partial charge on any atom is -0.257 e. The SMILES string of the molecule is C/C=C(\C=Nc1ccccc1)C(C)(C)C.CC.CC. The van der Waals surface area contributed by atoms with Gasteiger partial charge in [-0.15, -0.1) is 0 Å². The van der Waals surface area contributed by atoms with Gasteiger partial charge in [-0.2, -0.15) is 0 Å². The Morgan fingerprint density at radius 1 is 0.947 bits per heavy atom. The van der Waals surface area contributed by atoms with Gasteiger partial charge in [0, 0.05) is 6.21 Å².